The molecule has 0 bridgehead atoms. The predicted octanol–water partition coefficient (Wildman–Crippen LogP) is -0.935. The molecule has 2 unspecified atom stereocenters. The molecule has 0 aliphatic carbocycles. The number of piperidine rings is 1. The molecule has 0 radical (unpaired) electrons. The zero-order chi connectivity index (χ0) is 15.4. The molecule has 2 fully saturated rings. The summed E-state index contributed by atoms with van der Waals surface area (Å²) in [5.41, 5.74) is 0. The number of rotatable bonds is 3. The number of nitrogens with one attached hydrogen (secondary N) is 2. The first-order chi connectivity index (χ1) is 10.0. The molecule has 0 aromatic carbocycles. The van der Waals surface area contributed by atoms with E-state index in [1.165, 1.54) is 0 Å². The van der Waals surface area contributed by atoms with E-state index in [1.807, 2.05) is 0 Å². The van der Waals surface area contributed by atoms with Crippen LogP contribution in [0.2, 0.25) is 0 Å². The molecule has 21 heavy (non-hydrogen) atoms. The quantitative estimate of drug-likeness (QED) is 0.624. The molecule has 2 rings (SSSR count). The number of carbonyl (C=O) groups is 3. The molecule has 2 heterocycles. The summed E-state index contributed by atoms with van der Waals surface area (Å²) >= 11 is 0. The van der Waals surface area contributed by atoms with Gasteiger partial charge in [-0.25, -0.2) is 9.59 Å². The van der Waals surface area contributed by atoms with Crippen LogP contribution in [0.25, 0.3) is 0 Å². The molecule has 8 nitrogen and oxygen atoms in total. The zero-order valence-electron chi connectivity index (χ0n) is 12.2. The van der Waals surface area contributed by atoms with E-state index in [2.05, 4.69) is 22.5 Å². The lowest BCUT2D eigenvalue weighted by Crippen LogP contribution is -2.63. The van der Waals surface area contributed by atoms with Crippen LogP contribution in [0.4, 0.5) is 4.79 Å². The second-order valence-corrected chi connectivity index (χ2v) is 5.47. The van der Waals surface area contributed by atoms with Crippen molar-refractivity contribution in [2.45, 2.75) is 31.8 Å². The number of piperazine rings is 1. The maximum atomic E-state index is 12.3. The maximum Gasteiger partial charge on any atom is 0.328 e. The lowest BCUT2D eigenvalue weighted by atomic mass is 10.1. The summed E-state index contributed by atoms with van der Waals surface area (Å²) < 4.78 is 0. The van der Waals surface area contributed by atoms with E-state index in [1.54, 1.807) is 0 Å². The predicted molar refractivity (Wildman–Crippen MR) is 74.8 cm³/mol. The smallest absolute Gasteiger partial charge is 0.328 e. The number of carboxylic acid groups (broad SMARTS) is 1. The molecule has 2 saturated heterocycles. The third-order valence-electron chi connectivity index (χ3n) is 4.01. The van der Waals surface area contributed by atoms with Crippen molar-refractivity contribution < 1.29 is 19.5 Å². The van der Waals surface area contributed by atoms with Gasteiger partial charge in [-0.05, 0) is 25.9 Å². The Labute approximate surface area is 123 Å². The first-order valence-corrected chi connectivity index (χ1v) is 7.30. The van der Waals surface area contributed by atoms with Gasteiger partial charge in [0.2, 0.25) is 5.91 Å². The average Bonchev–Trinajstić information content (AvgIpc) is 2.47. The monoisotopic (exact) mass is 298 g/mol. The minimum atomic E-state index is -1.11. The van der Waals surface area contributed by atoms with E-state index in [0.29, 0.717) is 0 Å². The van der Waals surface area contributed by atoms with Crippen LogP contribution in [-0.2, 0) is 9.59 Å². The molecule has 3 amide bonds. The highest BCUT2D eigenvalue weighted by Crippen LogP contribution is 2.11. The lowest BCUT2D eigenvalue weighted by Gasteiger charge is -2.36. The fourth-order valence-corrected chi connectivity index (χ4v) is 2.79. The summed E-state index contributed by atoms with van der Waals surface area (Å²) in [7, 11) is 0. The van der Waals surface area contributed by atoms with E-state index in [-0.39, 0.29) is 25.0 Å². The summed E-state index contributed by atoms with van der Waals surface area (Å²) in [5, 5.41) is 14.5. The van der Waals surface area contributed by atoms with Crippen molar-refractivity contribution in [3.05, 3.63) is 0 Å². The lowest BCUT2D eigenvalue weighted by molar-refractivity contribution is -0.144. The Morgan fingerprint density at radius 3 is 2.90 bits per heavy atom. The SMILES string of the molecule is CCN1CCCC(NC(=O)N2CC(=O)NCC2C(=O)O)C1. The number of carbonyl (C=O) groups excluding carboxylic acids is 2. The molecule has 3 N–H and O–H groups in total. The van der Waals surface area contributed by atoms with Crippen LogP contribution in [0.15, 0.2) is 0 Å². The molecule has 0 aromatic rings. The first kappa shape index (κ1) is 15.6. The molecule has 2 aliphatic heterocycles. The molecule has 0 spiro atoms. The van der Waals surface area contributed by atoms with Gasteiger partial charge in [0.05, 0.1) is 0 Å². The number of hydrogen-bond acceptors (Lipinski definition) is 4. The summed E-state index contributed by atoms with van der Waals surface area (Å²) in [5.74, 6) is -1.44. The van der Waals surface area contributed by atoms with Crippen molar-refractivity contribution in [3.8, 4) is 0 Å². The summed E-state index contributed by atoms with van der Waals surface area (Å²) in [6.45, 7) is 4.52. The van der Waals surface area contributed by atoms with Gasteiger partial charge in [-0.15, -0.1) is 0 Å². The molecule has 2 atom stereocenters. The van der Waals surface area contributed by atoms with Crippen molar-refractivity contribution >= 4 is 17.9 Å². The molecule has 118 valence electrons. The Kier molecular flexibility index (Phi) is 5.00. The zero-order valence-corrected chi connectivity index (χ0v) is 12.2. The highest BCUT2D eigenvalue weighted by atomic mass is 16.4. The standard InChI is InChI=1S/C13H22N4O4/c1-2-16-5-3-4-9(7-16)15-13(21)17-8-11(18)14-6-10(17)12(19)20/h9-10H,2-8H2,1H3,(H,14,18)(H,15,21)(H,19,20). The number of likely N-dealkylation sites (tertiary alicyclic amines) is 1. The van der Waals surface area contributed by atoms with Crippen molar-refractivity contribution in [3.63, 3.8) is 0 Å². The average molecular weight is 298 g/mol. The van der Waals surface area contributed by atoms with Gasteiger partial charge in [-0.3, -0.25) is 9.69 Å². The van der Waals surface area contributed by atoms with E-state index >= 15 is 0 Å². The Bertz CT molecular complexity index is 428. The topological polar surface area (TPSA) is 102 Å². The van der Waals surface area contributed by atoms with Gasteiger partial charge < -0.3 is 20.6 Å². The second kappa shape index (κ2) is 6.75. The van der Waals surface area contributed by atoms with Crippen LogP contribution in [0.5, 0.6) is 0 Å². The van der Waals surface area contributed by atoms with Crippen LogP contribution in [0.3, 0.4) is 0 Å². The van der Waals surface area contributed by atoms with Gasteiger partial charge in [0.25, 0.3) is 0 Å². The summed E-state index contributed by atoms with van der Waals surface area (Å²) in [6, 6.07) is -1.47. The molecule has 8 heteroatoms. The van der Waals surface area contributed by atoms with Crippen LogP contribution >= 0.6 is 0 Å². The van der Waals surface area contributed by atoms with Gasteiger partial charge in [0, 0.05) is 19.1 Å². The van der Waals surface area contributed by atoms with E-state index < -0.39 is 18.0 Å². The Hall–Kier alpha value is -1.83. The van der Waals surface area contributed by atoms with Crippen LogP contribution < -0.4 is 10.6 Å². The molecular formula is C13H22N4O4. The summed E-state index contributed by atoms with van der Waals surface area (Å²) in [4.78, 5) is 38.2. The number of amides is 3. The minimum absolute atomic E-state index is 0.00522. The number of aliphatic carboxylic acids is 1. The van der Waals surface area contributed by atoms with Crippen LogP contribution in [-0.4, -0.2) is 77.6 Å². The van der Waals surface area contributed by atoms with Crippen LogP contribution in [0.1, 0.15) is 19.8 Å². The highest BCUT2D eigenvalue weighted by molar-refractivity contribution is 5.90. The highest BCUT2D eigenvalue weighted by Gasteiger charge is 2.36. The number of carboxylic acids is 1. The van der Waals surface area contributed by atoms with E-state index in [4.69, 9.17) is 5.11 Å². The fourth-order valence-electron chi connectivity index (χ4n) is 2.79. The van der Waals surface area contributed by atoms with Crippen LogP contribution in [0, 0.1) is 0 Å². The first-order valence-electron chi connectivity index (χ1n) is 7.30. The Morgan fingerprint density at radius 1 is 1.48 bits per heavy atom. The second-order valence-electron chi connectivity index (χ2n) is 5.47. The molecular weight excluding hydrogens is 276 g/mol. The van der Waals surface area contributed by atoms with Gasteiger partial charge in [-0.2, -0.15) is 0 Å². The van der Waals surface area contributed by atoms with Crippen molar-refractivity contribution in [1.82, 2.24) is 20.4 Å². The van der Waals surface area contributed by atoms with Crippen molar-refractivity contribution in [2.24, 2.45) is 0 Å². The Morgan fingerprint density at radius 2 is 2.24 bits per heavy atom. The fraction of sp³-hybridized carbons (Fsp3) is 0.769. The maximum absolute atomic E-state index is 12.3. The third-order valence-corrected chi connectivity index (χ3v) is 4.01. The largest absolute Gasteiger partial charge is 0.480 e. The summed E-state index contributed by atoms with van der Waals surface area (Å²) in [6.07, 6.45) is 1.88. The van der Waals surface area contributed by atoms with Gasteiger partial charge >= 0.3 is 12.0 Å². The van der Waals surface area contributed by atoms with Gasteiger partial charge in [0.15, 0.2) is 0 Å². The van der Waals surface area contributed by atoms with E-state index in [0.717, 1.165) is 37.4 Å². The molecule has 2 aliphatic rings. The molecule has 0 aromatic heterocycles. The third kappa shape index (κ3) is 3.84. The minimum Gasteiger partial charge on any atom is -0.480 e. The number of nitrogens with zero attached hydrogens (tertiary/aromatic N) is 2. The van der Waals surface area contributed by atoms with Crippen molar-refractivity contribution in [1.29, 1.82) is 0 Å². The van der Waals surface area contributed by atoms with Gasteiger partial charge in [-0.1, -0.05) is 6.92 Å². The van der Waals surface area contributed by atoms with Gasteiger partial charge in [0.1, 0.15) is 12.6 Å². The number of likely N-dealkylation sites (N-methyl/N-ethyl adjacent to an activating group) is 1. The number of hydrogen-bond donors (Lipinski definition) is 3. The Balaban J connectivity index is 1.96. The van der Waals surface area contributed by atoms with E-state index in [9.17, 15) is 14.4 Å². The normalized spacial score (nSPS) is 27.1. The number of urea groups is 1. The molecule has 0 saturated carbocycles. The van der Waals surface area contributed by atoms with Crippen molar-refractivity contribution in [2.75, 3.05) is 32.7 Å².